The van der Waals surface area contributed by atoms with Crippen molar-refractivity contribution in [1.29, 1.82) is 0 Å². The summed E-state index contributed by atoms with van der Waals surface area (Å²) in [5.41, 5.74) is 2.32. The Bertz CT molecular complexity index is 976. The molecule has 4 heteroatoms. The van der Waals surface area contributed by atoms with Crippen LogP contribution in [-0.2, 0) is 8.85 Å². The molecular weight excluding hydrogens is 521 g/mol. The molecule has 5 rings (SSSR count). The highest BCUT2D eigenvalue weighted by Gasteiger charge is 2.71. The van der Waals surface area contributed by atoms with E-state index in [9.17, 15) is 0 Å². The predicted octanol–water partition coefficient (Wildman–Crippen LogP) is 10.9. The summed E-state index contributed by atoms with van der Waals surface area (Å²) >= 11 is 0. The minimum atomic E-state index is -1.62. The zero-order valence-electron chi connectivity index (χ0n) is 29.4. The lowest BCUT2D eigenvalue weighted by atomic mass is 9.30. The smallest absolute Gasteiger partial charge is 0.184 e. The van der Waals surface area contributed by atoms with Crippen LogP contribution in [-0.4, -0.2) is 28.8 Å². The molecule has 0 heterocycles. The molecule has 0 aromatic heterocycles. The van der Waals surface area contributed by atoms with Gasteiger partial charge in [0.15, 0.2) is 16.6 Å². The number of fused-ring (bicyclic) bond motifs is 7. The van der Waals surface area contributed by atoms with Crippen LogP contribution in [0.1, 0.15) is 120 Å². The lowest BCUT2D eigenvalue weighted by molar-refractivity contribution is -0.266. The third kappa shape index (κ3) is 4.64. The van der Waals surface area contributed by atoms with Crippen molar-refractivity contribution in [2.45, 2.75) is 171 Å². The van der Waals surface area contributed by atoms with Crippen LogP contribution < -0.4 is 0 Å². The van der Waals surface area contributed by atoms with Crippen molar-refractivity contribution < 1.29 is 8.85 Å². The van der Waals surface area contributed by atoms with E-state index in [0.717, 1.165) is 23.7 Å². The van der Waals surface area contributed by atoms with Gasteiger partial charge < -0.3 is 8.85 Å². The molecule has 2 nitrogen and oxygen atoms in total. The highest BCUT2D eigenvalue weighted by Crippen LogP contribution is 2.77. The van der Waals surface area contributed by atoms with E-state index in [0.29, 0.717) is 39.3 Å². The monoisotopic (exact) mass is 588 g/mol. The minimum absolute atomic E-state index is 0.270. The van der Waals surface area contributed by atoms with E-state index < -0.39 is 16.6 Å². The minimum Gasteiger partial charge on any atom is -0.414 e. The number of rotatable bonds is 4. The molecule has 0 aromatic carbocycles. The van der Waals surface area contributed by atoms with Crippen molar-refractivity contribution in [2.75, 3.05) is 0 Å². The van der Waals surface area contributed by atoms with E-state index in [1.165, 1.54) is 64.2 Å². The Morgan fingerprint density at radius 1 is 0.500 bits per heavy atom. The first-order valence-electron chi connectivity index (χ1n) is 17.4. The van der Waals surface area contributed by atoms with Crippen LogP contribution in [0, 0.1) is 56.2 Å². The zero-order chi connectivity index (χ0) is 29.9. The molecule has 40 heavy (non-hydrogen) atoms. The lowest BCUT2D eigenvalue weighted by Gasteiger charge is -2.75. The predicted molar refractivity (Wildman–Crippen MR) is 177 cm³/mol. The van der Waals surface area contributed by atoms with Gasteiger partial charge in [0.2, 0.25) is 0 Å². The van der Waals surface area contributed by atoms with Gasteiger partial charge in [-0.1, -0.05) is 55.4 Å². The number of hydrogen-bond acceptors (Lipinski definition) is 2. The van der Waals surface area contributed by atoms with Gasteiger partial charge in [-0.15, -0.1) is 0 Å². The molecular formula is C36H68O2Si2. The third-order valence-electron chi connectivity index (χ3n) is 14.8. The highest BCUT2D eigenvalue weighted by atomic mass is 28.4. The largest absolute Gasteiger partial charge is 0.414 e. The van der Waals surface area contributed by atoms with Gasteiger partial charge in [0.25, 0.3) is 0 Å². The quantitative estimate of drug-likeness (QED) is 0.304. The summed E-state index contributed by atoms with van der Waals surface area (Å²) in [5, 5.41) is 0. The van der Waals surface area contributed by atoms with Gasteiger partial charge in [0, 0.05) is 0 Å². The molecule has 0 bridgehead atoms. The van der Waals surface area contributed by atoms with Gasteiger partial charge in [-0.3, -0.25) is 0 Å². The van der Waals surface area contributed by atoms with Gasteiger partial charge in [-0.2, -0.15) is 0 Å². The van der Waals surface area contributed by atoms with Crippen molar-refractivity contribution >= 4 is 16.6 Å². The van der Waals surface area contributed by atoms with Crippen LogP contribution >= 0.6 is 0 Å². The summed E-state index contributed by atoms with van der Waals surface area (Å²) in [5.74, 6) is 3.19. The summed E-state index contributed by atoms with van der Waals surface area (Å²) in [6.45, 7) is 35.7. The van der Waals surface area contributed by atoms with E-state index in [4.69, 9.17) is 8.85 Å². The van der Waals surface area contributed by atoms with Crippen LogP contribution in [0.5, 0.6) is 0 Å². The Hall–Kier alpha value is 0.354. The van der Waals surface area contributed by atoms with Crippen molar-refractivity contribution in [1.82, 2.24) is 0 Å². The molecule has 0 N–H and O–H groups in total. The molecule has 0 saturated heterocycles. The maximum atomic E-state index is 7.16. The van der Waals surface area contributed by atoms with Crippen LogP contribution in [0.25, 0.3) is 0 Å². The van der Waals surface area contributed by atoms with Gasteiger partial charge in [0.1, 0.15) is 0 Å². The fourth-order valence-electron chi connectivity index (χ4n) is 12.9. The standard InChI is InChI=1S/C36H68O2Si2/c1-31(2)23-24-33(5)25(30(31)38-40(12,13)14)17-21-35(7)27(33)15-16-28-34(6)20-19-29(37-39(9,10)11)32(3,4)26(34)18-22-36(28,35)8/h25-30H,15-24H2,1-14H3/t25-,26+,27+,28+,29+,30-,33-,34+,35+,36+/m1/s1. The highest BCUT2D eigenvalue weighted by molar-refractivity contribution is 6.70. The Labute approximate surface area is 252 Å². The van der Waals surface area contributed by atoms with E-state index in [2.05, 4.69) is 94.7 Å². The maximum Gasteiger partial charge on any atom is 0.184 e. The molecule has 5 saturated carbocycles. The van der Waals surface area contributed by atoms with Crippen LogP contribution in [0.3, 0.4) is 0 Å². The molecule has 5 aliphatic carbocycles. The molecule has 0 aliphatic heterocycles. The summed E-state index contributed by atoms with van der Waals surface area (Å²) in [7, 11) is -3.18. The first-order chi connectivity index (χ1) is 18.0. The normalized spacial score (nSPS) is 50.2. The fourth-order valence-corrected chi connectivity index (χ4v) is 15.4. The molecule has 10 atom stereocenters. The lowest BCUT2D eigenvalue weighted by Crippen LogP contribution is -2.69. The molecule has 0 radical (unpaired) electrons. The van der Waals surface area contributed by atoms with E-state index in [1.807, 2.05) is 0 Å². The summed E-state index contributed by atoms with van der Waals surface area (Å²) in [6.07, 6.45) is 14.8. The third-order valence-corrected chi connectivity index (χ3v) is 16.8. The second-order valence-electron chi connectivity index (χ2n) is 20.0. The van der Waals surface area contributed by atoms with Crippen LogP contribution in [0.15, 0.2) is 0 Å². The molecule has 232 valence electrons. The summed E-state index contributed by atoms with van der Waals surface area (Å²) in [6, 6.07) is 0. The van der Waals surface area contributed by atoms with Gasteiger partial charge in [0.05, 0.1) is 12.2 Å². The van der Waals surface area contributed by atoms with Crippen molar-refractivity contribution in [3.8, 4) is 0 Å². The molecule has 0 amide bonds. The maximum absolute atomic E-state index is 7.16. The van der Waals surface area contributed by atoms with Gasteiger partial charge >= 0.3 is 0 Å². The second-order valence-corrected chi connectivity index (χ2v) is 28.9. The van der Waals surface area contributed by atoms with Crippen molar-refractivity contribution in [3.63, 3.8) is 0 Å². The molecule has 0 spiro atoms. The molecule has 5 fully saturated rings. The topological polar surface area (TPSA) is 18.5 Å². The second kappa shape index (κ2) is 9.43. The van der Waals surface area contributed by atoms with Crippen LogP contribution in [0.4, 0.5) is 0 Å². The van der Waals surface area contributed by atoms with Crippen molar-refractivity contribution in [3.05, 3.63) is 0 Å². The van der Waals surface area contributed by atoms with Crippen molar-refractivity contribution in [2.24, 2.45) is 56.2 Å². The average Bonchev–Trinajstić information content (AvgIpc) is 2.77. The van der Waals surface area contributed by atoms with E-state index in [-0.39, 0.29) is 5.41 Å². The van der Waals surface area contributed by atoms with E-state index in [1.54, 1.807) is 0 Å². The Morgan fingerprint density at radius 2 is 1.02 bits per heavy atom. The van der Waals surface area contributed by atoms with Crippen LogP contribution in [0.2, 0.25) is 39.3 Å². The molecule has 0 unspecified atom stereocenters. The summed E-state index contributed by atoms with van der Waals surface area (Å²) in [4.78, 5) is 0. The zero-order valence-corrected chi connectivity index (χ0v) is 31.4. The molecule has 0 aromatic rings. The van der Waals surface area contributed by atoms with Gasteiger partial charge in [-0.05, 0) is 160 Å². The Kier molecular flexibility index (Phi) is 7.49. The first kappa shape index (κ1) is 31.8. The van der Waals surface area contributed by atoms with Gasteiger partial charge in [-0.25, -0.2) is 0 Å². The molecule has 5 aliphatic rings. The Morgan fingerprint density at radius 3 is 1.57 bits per heavy atom. The summed E-state index contributed by atoms with van der Waals surface area (Å²) < 4.78 is 14.1. The fraction of sp³-hybridized carbons (Fsp3) is 1.00. The van der Waals surface area contributed by atoms with E-state index >= 15 is 0 Å². The Balaban J connectivity index is 1.47. The average molecular weight is 589 g/mol. The SMILES string of the molecule is CC1(C)CC[C@]2(C)[C@H](CC[C@@]3(C)[C@H]2CC[C@H]2[C@@]4(C)CC[C@H](O[Si](C)(C)C)C(C)(C)[C@@H]4CC[C@@]23C)[C@H]1O[Si](C)(C)C. The number of hydrogen-bond donors (Lipinski definition) is 0. The first-order valence-corrected chi connectivity index (χ1v) is 24.2.